The lowest BCUT2D eigenvalue weighted by molar-refractivity contribution is 0.132. The van der Waals surface area contributed by atoms with Crippen molar-refractivity contribution < 1.29 is 4.84 Å². The maximum atomic E-state index is 8.77. The van der Waals surface area contributed by atoms with Crippen molar-refractivity contribution in [3.63, 3.8) is 0 Å². The predicted octanol–water partition coefficient (Wildman–Crippen LogP) is 3.64. The number of benzene rings is 2. The quantitative estimate of drug-likeness (QED) is 0.628. The third kappa shape index (κ3) is 4.13. The number of hydrogen-bond donors (Lipinski definition) is 0. The zero-order valence-corrected chi connectivity index (χ0v) is 10.8. The van der Waals surface area contributed by atoms with E-state index in [0.717, 1.165) is 11.1 Å². The average Bonchev–Trinajstić information content (AvgIpc) is 2.46. The SMILES string of the molecule is N#Cc1cccc(CO/N=[C]\c2ccc(Cl)cc2)c1. The third-order valence-electron chi connectivity index (χ3n) is 2.37. The summed E-state index contributed by atoms with van der Waals surface area (Å²) in [5, 5.41) is 13.2. The maximum absolute atomic E-state index is 8.77. The zero-order valence-electron chi connectivity index (χ0n) is 10.0. The van der Waals surface area contributed by atoms with Crippen molar-refractivity contribution in [1.29, 1.82) is 5.26 Å². The molecule has 2 aromatic rings. The summed E-state index contributed by atoms with van der Waals surface area (Å²) in [7, 11) is 0. The second-order valence-electron chi connectivity index (χ2n) is 3.80. The van der Waals surface area contributed by atoms with Gasteiger partial charge in [-0.3, -0.25) is 0 Å². The summed E-state index contributed by atoms with van der Waals surface area (Å²) in [6.45, 7) is 0.302. The maximum Gasteiger partial charge on any atom is 0.142 e. The summed E-state index contributed by atoms with van der Waals surface area (Å²) < 4.78 is 0. The van der Waals surface area contributed by atoms with Crippen molar-refractivity contribution >= 4 is 17.8 Å². The first kappa shape index (κ1) is 13.1. The van der Waals surface area contributed by atoms with Gasteiger partial charge in [0.05, 0.1) is 11.6 Å². The molecule has 0 bridgehead atoms. The summed E-state index contributed by atoms with van der Waals surface area (Å²) in [5.74, 6) is 0. The molecule has 0 saturated heterocycles. The molecule has 1 radical (unpaired) electrons. The van der Waals surface area contributed by atoms with Crippen LogP contribution >= 0.6 is 11.6 Å². The lowest BCUT2D eigenvalue weighted by Gasteiger charge is -1.99. The molecular formula is C15H10ClN2O. The van der Waals surface area contributed by atoms with Crippen LogP contribution in [-0.2, 0) is 11.4 Å². The van der Waals surface area contributed by atoms with Gasteiger partial charge in [-0.25, -0.2) is 0 Å². The van der Waals surface area contributed by atoms with Crippen molar-refractivity contribution in [2.24, 2.45) is 5.16 Å². The number of hydrogen-bond acceptors (Lipinski definition) is 3. The van der Waals surface area contributed by atoms with Crippen molar-refractivity contribution in [2.75, 3.05) is 0 Å². The Kier molecular flexibility index (Phi) is 4.54. The summed E-state index contributed by atoms with van der Waals surface area (Å²) in [4.78, 5) is 5.12. The number of nitriles is 1. The number of rotatable bonds is 4. The molecule has 0 aliphatic rings. The van der Waals surface area contributed by atoms with Gasteiger partial charge in [-0.05, 0) is 29.8 Å². The van der Waals surface area contributed by atoms with Crippen molar-refractivity contribution in [1.82, 2.24) is 0 Å². The van der Waals surface area contributed by atoms with Gasteiger partial charge in [0.25, 0.3) is 0 Å². The first-order chi connectivity index (χ1) is 9.28. The van der Waals surface area contributed by atoms with Crippen LogP contribution in [0.15, 0.2) is 53.7 Å². The van der Waals surface area contributed by atoms with E-state index < -0.39 is 0 Å². The Morgan fingerprint density at radius 1 is 1.11 bits per heavy atom. The highest BCUT2D eigenvalue weighted by molar-refractivity contribution is 6.30. The van der Waals surface area contributed by atoms with E-state index in [0.29, 0.717) is 17.2 Å². The van der Waals surface area contributed by atoms with E-state index >= 15 is 0 Å². The van der Waals surface area contributed by atoms with Gasteiger partial charge in [-0.2, -0.15) is 5.26 Å². The summed E-state index contributed by atoms with van der Waals surface area (Å²) in [5.41, 5.74) is 2.28. The van der Waals surface area contributed by atoms with Crippen LogP contribution in [0.5, 0.6) is 0 Å². The molecule has 0 spiro atoms. The molecule has 0 amide bonds. The van der Waals surface area contributed by atoms with Crippen LogP contribution in [0, 0.1) is 11.3 Å². The highest BCUT2D eigenvalue weighted by atomic mass is 35.5. The van der Waals surface area contributed by atoms with E-state index in [1.807, 2.05) is 12.1 Å². The molecule has 0 aliphatic heterocycles. The Bertz CT molecular complexity index is 615. The second-order valence-corrected chi connectivity index (χ2v) is 4.23. The fraction of sp³-hybridized carbons (Fsp3) is 0.0667. The van der Waals surface area contributed by atoms with Gasteiger partial charge in [0, 0.05) is 10.6 Å². The molecule has 3 nitrogen and oxygen atoms in total. The molecule has 0 heterocycles. The first-order valence-electron chi connectivity index (χ1n) is 5.60. The minimum Gasteiger partial charge on any atom is -0.390 e. The average molecular weight is 270 g/mol. The van der Waals surface area contributed by atoms with Crippen LogP contribution in [0.3, 0.4) is 0 Å². The van der Waals surface area contributed by atoms with E-state index in [9.17, 15) is 0 Å². The Labute approximate surface area is 116 Å². The van der Waals surface area contributed by atoms with Crippen LogP contribution < -0.4 is 0 Å². The van der Waals surface area contributed by atoms with E-state index in [4.69, 9.17) is 21.7 Å². The van der Waals surface area contributed by atoms with Crippen LogP contribution in [0.2, 0.25) is 5.02 Å². The van der Waals surface area contributed by atoms with E-state index in [1.165, 1.54) is 0 Å². The van der Waals surface area contributed by atoms with Crippen LogP contribution in [0.25, 0.3) is 0 Å². The largest absolute Gasteiger partial charge is 0.390 e. The summed E-state index contributed by atoms with van der Waals surface area (Å²) in [6.07, 6.45) is 2.75. The van der Waals surface area contributed by atoms with Gasteiger partial charge in [0.2, 0.25) is 0 Å². The van der Waals surface area contributed by atoms with Gasteiger partial charge in [-0.1, -0.05) is 41.0 Å². The highest BCUT2D eigenvalue weighted by Crippen LogP contribution is 2.08. The van der Waals surface area contributed by atoms with Gasteiger partial charge in [0.15, 0.2) is 0 Å². The molecule has 0 fully saturated rings. The lowest BCUT2D eigenvalue weighted by Crippen LogP contribution is -1.89. The van der Waals surface area contributed by atoms with E-state index in [1.54, 1.807) is 36.4 Å². The molecule has 0 N–H and O–H groups in total. The number of nitrogens with zero attached hydrogens (tertiary/aromatic N) is 2. The van der Waals surface area contributed by atoms with E-state index in [2.05, 4.69) is 17.4 Å². The van der Waals surface area contributed by atoms with Crippen LogP contribution in [0.4, 0.5) is 0 Å². The van der Waals surface area contributed by atoms with Gasteiger partial charge < -0.3 is 4.84 Å². The fourth-order valence-electron chi connectivity index (χ4n) is 1.45. The van der Waals surface area contributed by atoms with Gasteiger partial charge in [0.1, 0.15) is 12.8 Å². The standard InChI is InChI=1S/C15H10ClN2O/c16-15-6-4-12(5-7-15)10-18-19-11-14-3-1-2-13(8-14)9-17/h1-8H,11H2. The summed E-state index contributed by atoms with van der Waals surface area (Å²) >= 11 is 5.77. The molecule has 2 rings (SSSR count). The molecule has 0 atom stereocenters. The molecule has 0 saturated carbocycles. The van der Waals surface area contributed by atoms with Crippen molar-refractivity contribution in [3.05, 3.63) is 70.2 Å². The zero-order chi connectivity index (χ0) is 13.5. The Morgan fingerprint density at radius 3 is 2.63 bits per heavy atom. The predicted molar refractivity (Wildman–Crippen MR) is 73.9 cm³/mol. The first-order valence-corrected chi connectivity index (χ1v) is 5.98. The molecule has 4 heteroatoms. The molecule has 93 valence electrons. The third-order valence-corrected chi connectivity index (χ3v) is 2.62. The molecule has 2 aromatic carbocycles. The highest BCUT2D eigenvalue weighted by Gasteiger charge is 1.95. The lowest BCUT2D eigenvalue weighted by atomic mass is 10.1. The molecular weight excluding hydrogens is 260 g/mol. The van der Waals surface area contributed by atoms with Crippen molar-refractivity contribution in [3.8, 4) is 6.07 Å². The van der Waals surface area contributed by atoms with Crippen molar-refractivity contribution in [2.45, 2.75) is 6.61 Å². The van der Waals surface area contributed by atoms with Crippen LogP contribution in [0.1, 0.15) is 16.7 Å². The fourth-order valence-corrected chi connectivity index (χ4v) is 1.57. The Hall–Kier alpha value is -2.31. The Morgan fingerprint density at radius 2 is 1.89 bits per heavy atom. The summed E-state index contributed by atoms with van der Waals surface area (Å²) in [6, 6.07) is 16.4. The molecule has 0 aromatic heterocycles. The number of halogens is 1. The smallest absolute Gasteiger partial charge is 0.142 e. The second kappa shape index (κ2) is 6.58. The van der Waals surface area contributed by atoms with Gasteiger partial charge in [-0.15, -0.1) is 0 Å². The monoisotopic (exact) mass is 269 g/mol. The van der Waals surface area contributed by atoms with Gasteiger partial charge >= 0.3 is 0 Å². The molecule has 0 unspecified atom stereocenters. The minimum atomic E-state index is 0.302. The topological polar surface area (TPSA) is 45.4 Å². The molecule has 0 aliphatic carbocycles. The normalized spacial score (nSPS) is 10.3. The van der Waals surface area contributed by atoms with Crippen LogP contribution in [-0.4, -0.2) is 6.21 Å². The molecule has 19 heavy (non-hydrogen) atoms. The van der Waals surface area contributed by atoms with E-state index in [-0.39, 0.29) is 0 Å². The Balaban J connectivity index is 1.89. The minimum absolute atomic E-state index is 0.302.